The van der Waals surface area contributed by atoms with Crippen LogP contribution in [0.1, 0.15) is 25.3 Å². The molecule has 2 aromatic rings. The van der Waals surface area contributed by atoms with E-state index in [4.69, 9.17) is 0 Å². The molecule has 0 radical (unpaired) electrons. The zero-order chi connectivity index (χ0) is 10.1. The topological polar surface area (TPSA) is 12.9 Å². The van der Waals surface area contributed by atoms with Crippen molar-refractivity contribution in [1.29, 1.82) is 0 Å². The number of benzene rings is 1. The molecule has 0 saturated carbocycles. The van der Waals surface area contributed by atoms with E-state index in [1.165, 1.54) is 10.9 Å². The number of hydrogen-bond acceptors (Lipinski definition) is 1. The van der Waals surface area contributed by atoms with Crippen LogP contribution in [0.2, 0.25) is 0 Å². The fourth-order valence-corrected chi connectivity index (χ4v) is 1.81. The highest BCUT2D eigenvalue weighted by Crippen LogP contribution is 2.22. The molecule has 0 atom stereocenters. The summed E-state index contributed by atoms with van der Waals surface area (Å²) in [7, 11) is 0. The molecular weight excluding hydrogens is 238 g/mol. The zero-order valence-corrected chi connectivity index (χ0v) is 9.88. The molecular formula is C12H12BrN. The van der Waals surface area contributed by atoms with Crippen LogP contribution < -0.4 is 0 Å². The van der Waals surface area contributed by atoms with Crippen LogP contribution in [0.4, 0.5) is 0 Å². The van der Waals surface area contributed by atoms with Gasteiger partial charge in [0.2, 0.25) is 0 Å². The first-order valence-corrected chi connectivity index (χ1v) is 5.51. The molecule has 0 bridgehead atoms. The highest BCUT2D eigenvalue weighted by molar-refractivity contribution is 9.10. The second-order valence-corrected chi connectivity index (χ2v) is 4.68. The number of nitrogens with zero attached hydrogens (tertiary/aromatic N) is 1. The molecule has 0 N–H and O–H groups in total. The maximum Gasteiger partial charge on any atom is 0.0702 e. The Hall–Kier alpha value is -0.890. The lowest BCUT2D eigenvalue weighted by Crippen LogP contribution is -1.89. The van der Waals surface area contributed by atoms with E-state index in [-0.39, 0.29) is 0 Å². The van der Waals surface area contributed by atoms with Crippen molar-refractivity contribution in [3.63, 3.8) is 0 Å². The first kappa shape index (κ1) is 9.66. The Bertz CT molecular complexity index is 463. The van der Waals surface area contributed by atoms with Gasteiger partial charge in [-0.25, -0.2) is 0 Å². The Morgan fingerprint density at radius 1 is 1.21 bits per heavy atom. The lowest BCUT2D eigenvalue weighted by atomic mass is 10.0. The Balaban J connectivity index is 2.63. The fraction of sp³-hybridized carbons (Fsp3) is 0.250. The van der Waals surface area contributed by atoms with Crippen LogP contribution in [0.15, 0.2) is 34.9 Å². The minimum absolute atomic E-state index is 0.533. The predicted octanol–water partition coefficient (Wildman–Crippen LogP) is 4.12. The molecule has 0 aliphatic rings. The maximum atomic E-state index is 4.42. The van der Waals surface area contributed by atoms with E-state index in [0.29, 0.717) is 5.92 Å². The van der Waals surface area contributed by atoms with E-state index >= 15 is 0 Å². The quantitative estimate of drug-likeness (QED) is 0.741. The van der Waals surface area contributed by atoms with Crippen LogP contribution in [0, 0.1) is 0 Å². The summed E-state index contributed by atoms with van der Waals surface area (Å²) >= 11 is 3.47. The Labute approximate surface area is 92.3 Å². The van der Waals surface area contributed by atoms with Crippen molar-refractivity contribution in [2.24, 2.45) is 0 Å². The molecule has 0 fully saturated rings. The van der Waals surface area contributed by atoms with Crippen LogP contribution in [-0.4, -0.2) is 4.98 Å². The van der Waals surface area contributed by atoms with E-state index in [1.807, 2.05) is 18.3 Å². The average molecular weight is 250 g/mol. The summed E-state index contributed by atoms with van der Waals surface area (Å²) in [5.74, 6) is 0.533. The third-order valence-electron chi connectivity index (χ3n) is 2.33. The van der Waals surface area contributed by atoms with E-state index in [9.17, 15) is 0 Å². The maximum absolute atomic E-state index is 4.42. The van der Waals surface area contributed by atoms with E-state index in [0.717, 1.165) is 9.99 Å². The average Bonchev–Trinajstić information content (AvgIpc) is 2.16. The van der Waals surface area contributed by atoms with E-state index in [1.54, 1.807) is 0 Å². The molecule has 0 aliphatic carbocycles. The summed E-state index contributed by atoms with van der Waals surface area (Å²) < 4.78 is 1.10. The van der Waals surface area contributed by atoms with Crippen molar-refractivity contribution in [2.45, 2.75) is 19.8 Å². The molecule has 1 nitrogen and oxygen atoms in total. The van der Waals surface area contributed by atoms with Gasteiger partial charge in [0.05, 0.1) is 5.52 Å². The first-order chi connectivity index (χ1) is 6.66. The SMILES string of the molecule is CC(C)c1cnc2ccc(Br)cc2c1. The Morgan fingerprint density at radius 2 is 2.00 bits per heavy atom. The number of halogens is 1. The van der Waals surface area contributed by atoms with Crippen molar-refractivity contribution in [2.75, 3.05) is 0 Å². The Kier molecular flexibility index (Phi) is 2.55. The summed E-state index contributed by atoms with van der Waals surface area (Å²) in [6.07, 6.45) is 1.96. The fourth-order valence-electron chi connectivity index (χ4n) is 1.44. The molecule has 2 rings (SSSR count). The Morgan fingerprint density at radius 3 is 2.71 bits per heavy atom. The van der Waals surface area contributed by atoms with Gasteiger partial charge in [0.25, 0.3) is 0 Å². The molecule has 1 aromatic heterocycles. The first-order valence-electron chi connectivity index (χ1n) is 4.72. The van der Waals surface area contributed by atoms with Crippen LogP contribution in [-0.2, 0) is 0 Å². The predicted molar refractivity (Wildman–Crippen MR) is 63.5 cm³/mol. The van der Waals surface area contributed by atoms with Gasteiger partial charge in [0, 0.05) is 16.1 Å². The number of fused-ring (bicyclic) bond motifs is 1. The van der Waals surface area contributed by atoms with Crippen LogP contribution >= 0.6 is 15.9 Å². The zero-order valence-electron chi connectivity index (χ0n) is 8.29. The molecule has 2 heteroatoms. The summed E-state index contributed by atoms with van der Waals surface area (Å²) in [4.78, 5) is 4.42. The molecule has 0 aliphatic heterocycles. The third-order valence-corrected chi connectivity index (χ3v) is 2.82. The largest absolute Gasteiger partial charge is 0.256 e. The number of aromatic nitrogens is 1. The highest BCUT2D eigenvalue weighted by atomic mass is 79.9. The smallest absolute Gasteiger partial charge is 0.0702 e. The molecule has 1 aromatic carbocycles. The van der Waals surface area contributed by atoms with Gasteiger partial charge in [-0.2, -0.15) is 0 Å². The highest BCUT2D eigenvalue weighted by Gasteiger charge is 2.01. The van der Waals surface area contributed by atoms with E-state index in [2.05, 4.69) is 46.9 Å². The third kappa shape index (κ3) is 1.80. The molecule has 0 spiro atoms. The van der Waals surface area contributed by atoms with Crippen LogP contribution in [0.5, 0.6) is 0 Å². The second-order valence-electron chi connectivity index (χ2n) is 3.76. The molecule has 0 saturated heterocycles. The lowest BCUT2D eigenvalue weighted by Gasteiger charge is -2.06. The van der Waals surface area contributed by atoms with Gasteiger partial charge in [0.15, 0.2) is 0 Å². The van der Waals surface area contributed by atoms with Gasteiger partial charge >= 0.3 is 0 Å². The van der Waals surface area contributed by atoms with Gasteiger partial charge in [0.1, 0.15) is 0 Å². The van der Waals surface area contributed by atoms with Crippen LogP contribution in [0.3, 0.4) is 0 Å². The molecule has 1 heterocycles. The lowest BCUT2D eigenvalue weighted by molar-refractivity contribution is 0.862. The van der Waals surface area contributed by atoms with E-state index < -0.39 is 0 Å². The van der Waals surface area contributed by atoms with Crippen LogP contribution in [0.25, 0.3) is 10.9 Å². The summed E-state index contributed by atoms with van der Waals surface area (Å²) in [6, 6.07) is 8.36. The van der Waals surface area contributed by atoms with Crippen molar-refractivity contribution >= 4 is 26.8 Å². The molecule has 72 valence electrons. The normalized spacial score (nSPS) is 11.1. The standard InChI is InChI=1S/C12H12BrN/c1-8(2)10-5-9-6-11(13)3-4-12(9)14-7-10/h3-8H,1-2H3. The second kappa shape index (κ2) is 3.70. The monoisotopic (exact) mass is 249 g/mol. The summed E-state index contributed by atoms with van der Waals surface area (Å²) in [5, 5.41) is 1.20. The minimum Gasteiger partial charge on any atom is -0.256 e. The van der Waals surface area contributed by atoms with Crippen molar-refractivity contribution in [1.82, 2.24) is 4.98 Å². The summed E-state index contributed by atoms with van der Waals surface area (Å²) in [5.41, 5.74) is 2.34. The van der Waals surface area contributed by atoms with Crippen molar-refractivity contribution in [3.8, 4) is 0 Å². The molecule has 0 unspecified atom stereocenters. The summed E-state index contributed by atoms with van der Waals surface area (Å²) in [6.45, 7) is 4.36. The van der Waals surface area contributed by atoms with Gasteiger partial charge in [-0.1, -0.05) is 29.8 Å². The van der Waals surface area contributed by atoms with Gasteiger partial charge < -0.3 is 0 Å². The van der Waals surface area contributed by atoms with Crippen molar-refractivity contribution < 1.29 is 0 Å². The van der Waals surface area contributed by atoms with Crippen molar-refractivity contribution in [3.05, 3.63) is 40.5 Å². The number of hydrogen-bond donors (Lipinski definition) is 0. The number of rotatable bonds is 1. The molecule has 0 amide bonds. The molecule has 14 heavy (non-hydrogen) atoms. The number of pyridine rings is 1. The minimum atomic E-state index is 0.533. The van der Waals surface area contributed by atoms with Gasteiger partial charge in [-0.15, -0.1) is 0 Å². The van der Waals surface area contributed by atoms with Gasteiger partial charge in [-0.3, -0.25) is 4.98 Å². The van der Waals surface area contributed by atoms with Gasteiger partial charge in [-0.05, 0) is 35.7 Å².